The van der Waals surface area contributed by atoms with Crippen molar-refractivity contribution in [3.63, 3.8) is 0 Å². The number of rotatable bonds is 9. The Morgan fingerprint density at radius 1 is 0.909 bits per heavy atom. The number of carbonyl (C=O) groups excluding carboxylic acids is 1. The summed E-state index contributed by atoms with van der Waals surface area (Å²) in [5.74, 6) is 2.04. The number of amides is 1. The largest absolute Gasteiger partial charge is 0.497 e. The Balaban J connectivity index is 1.39. The van der Waals surface area contributed by atoms with Crippen molar-refractivity contribution in [3.8, 4) is 17.2 Å². The lowest BCUT2D eigenvalue weighted by Gasteiger charge is -2.14. The van der Waals surface area contributed by atoms with Crippen molar-refractivity contribution in [2.45, 2.75) is 6.54 Å². The number of carbonyl (C=O) groups is 1. The lowest BCUT2D eigenvalue weighted by molar-refractivity contribution is -0.122. The first-order valence-electron chi connectivity index (χ1n) is 10.4. The normalized spacial score (nSPS) is 14.6. The minimum atomic E-state index is -0.0926. The molecule has 1 heterocycles. The molecule has 0 saturated carbocycles. The molecule has 1 saturated heterocycles. The van der Waals surface area contributed by atoms with E-state index in [0.717, 1.165) is 16.9 Å². The molecule has 7 heteroatoms. The van der Waals surface area contributed by atoms with Crippen LogP contribution in [0.1, 0.15) is 11.1 Å². The van der Waals surface area contributed by atoms with E-state index in [-0.39, 0.29) is 5.91 Å². The summed E-state index contributed by atoms with van der Waals surface area (Å²) in [7, 11) is 1.62. The average molecular weight is 478 g/mol. The first kappa shape index (κ1) is 22.9. The third-order valence-electron chi connectivity index (χ3n) is 4.91. The quantitative estimate of drug-likeness (QED) is 0.229. The van der Waals surface area contributed by atoms with Gasteiger partial charge in [-0.15, -0.1) is 0 Å². The van der Waals surface area contributed by atoms with Gasteiger partial charge in [-0.05, 0) is 29.8 Å². The summed E-state index contributed by atoms with van der Waals surface area (Å²) in [5, 5.41) is 0. The monoisotopic (exact) mass is 477 g/mol. The van der Waals surface area contributed by atoms with E-state index in [1.807, 2.05) is 84.9 Å². The highest BCUT2D eigenvalue weighted by atomic mass is 32.2. The molecule has 1 amide bonds. The van der Waals surface area contributed by atoms with Crippen molar-refractivity contribution < 1.29 is 19.0 Å². The SMILES string of the molecule is COc1cccc(OCCOc2ccccc2/C=C2/SC(=S)N(Cc3ccccc3)C2=O)c1. The lowest BCUT2D eigenvalue weighted by Crippen LogP contribution is -2.27. The molecule has 0 bridgehead atoms. The molecule has 1 fully saturated rings. The van der Waals surface area contributed by atoms with Gasteiger partial charge >= 0.3 is 0 Å². The summed E-state index contributed by atoms with van der Waals surface area (Å²) in [6.45, 7) is 1.19. The topological polar surface area (TPSA) is 48.0 Å². The Bertz CT molecular complexity index is 1160. The molecule has 1 aliphatic heterocycles. The number of methoxy groups -OCH3 is 1. The predicted octanol–water partition coefficient (Wildman–Crippen LogP) is 5.55. The molecular weight excluding hydrogens is 454 g/mol. The highest BCUT2D eigenvalue weighted by Gasteiger charge is 2.32. The maximum Gasteiger partial charge on any atom is 0.266 e. The van der Waals surface area contributed by atoms with Crippen LogP contribution in [0, 0.1) is 0 Å². The van der Waals surface area contributed by atoms with Gasteiger partial charge in [0, 0.05) is 11.6 Å². The first-order chi connectivity index (χ1) is 16.1. The zero-order valence-corrected chi connectivity index (χ0v) is 19.7. The maximum absolute atomic E-state index is 13.0. The standard InChI is InChI=1S/C26H23NO4S2/c1-29-21-11-7-12-22(17-21)30-14-15-31-23-13-6-5-10-20(23)16-24-25(28)27(26(32)33-24)18-19-8-3-2-4-9-19/h2-13,16-17H,14-15,18H2,1H3/b24-16+. The van der Waals surface area contributed by atoms with Gasteiger partial charge in [-0.2, -0.15) is 0 Å². The molecule has 0 spiro atoms. The van der Waals surface area contributed by atoms with E-state index >= 15 is 0 Å². The summed E-state index contributed by atoms with van der Waals surface area (Å²) >= 11 is 6.77. The van der Waals surface area contributed by atoms with E-state index in [2.05, 4.69) is 0 Å². The van der Waals surface area contributed by atoms with Gasteiger partial charge in [0.25, 0.3) is 5.91 Å². The van der Waals surface area contributed by atoms with Crippen LogP contribution in [0.5, 0.6) is 17.2 Å². The van der Waals surface area contributed by atoms with Crippen molar-refractivity contribution in [2.75, 3.05) is 20.3 Å². The zero-order valence-electron chi connectivity index (χ0n) is 18.1. The van der Waals surface area contributed by atoms with Crippen molar-refractivity contribution >= 4 is 40.3 Å². The molecule has 1 aliphatic rings. The summed E-state index contributed by atoms with van der Waals surface area (Å²) in [6, 6.07) is 24.9. The van der Waals surface area contributed by atoms with Crippen LogP contribution < -0.4 is 14.2 Å². The summed E-state index contributed by atoms with van der Waals surface area (Å²) < 4.78 is 17.4. The molecule has 0 atom stereocenters. The Kier molecular flexibility index (Phi) is 7.65. The average Bonchev–Trinajstić information content (AvgIpc) is 3.11. The number of thiocarbonyl (C=S) groups is 1. The Morgan fingerprint density at radius 3 is 2.45 bits per heavy atom. The number of thioether (sulfide) groups is 1. The predicted molar refractivity (Wildman–Crippen MR) is 136 cm³/mol. The molecule has 0 aromatic heterocycles. The van der Waals surface area contributed by atoms with Gasteiger partial charge in [-0.3, -0.25) is 9.69 Å². The second kappa shape index (κ2) is 11.0. The molecule has 5 nitrogen and oxygen atoms in total. The minimum absolute atomic E-state index is 0.0926. The van der Waals surface area contributed by atoms with Crippen LogP contribution in [0.3, 0.4) is 0 Å². The number of nitrogens with zero attached hydrogens (tertiary/aromatic N) is 1. The molecular formula is C26H23NO4S2. The zero-order chi connectivity index (χ0) is 23.0. The van der Waals surface area contributed by atoms with Crippen LogP contribution in [0.25, 0.3) is 6.08 Å². The Morgan fingerprint density at radius 2 is 1.64 bits per heavy atom. The molecule has 0 N–H and O–H groups in total. The molecule has 0 aliphatic carbocycles. The van der Waals surface area contributed by atoms with Gasteiger partial charge in [0.1, 0.15) is 34.8 Å². The van der Waals surface area contributed by atoms with E-state index in [0.29, 0.717) is 40.5 Å². The Hall–Kier alpha value is -3.29. The third kappa shape index (κ3) is 5.94. The molecule has 168 valence electrons. The first-order valence-corrected chi connectivity index (χ1v) is 11.6. The minimum Gasteiger partial charge on any atom is -0.497 e. The van der Waals surface area contributed by atoms with Gasteiger partial charge < -0.3 is 14.2 Å². The van der Waals surface area contributed by atoms with Gasteiger partial charge in [0.2, 0.25) is 0 Å². The van der Waals surface area contributed by atoms with E-state index in [9.17, 15) is 4.79 Å². The number of ether oxygens (including phenoxy) is 3. The highest BCUT2D eigenvalue weighted by Crippen LogP contribution is 2.35. The van der Waals surface area contributed by atoms with Crippen LogP contribution in [-0.4, -0.2) is 35.5 Å². The molecule has 33 heavy (non-hydrogen) atoms. The van der Waals surface area contributed by atoms with Crippen LogP contribution >= 0.6 is 24.0 Å². The van der Waals surface area contributed by atoms with E-state index in [4.69, 9.17) is 26.4 Å². The second-order valence-corrected chi connectivity index (χ2v) is 8.84. The van der Waals surface area contributed by atoms with E-state index in [1.54, 1.807) is 12.0 Å². The number of hydrogen-bond acceptors (Lipinski definition) is 6. The summed E-state index contributed by atoms with van der Waals surface area (Å²) in [4.78, 5) is 15.2. The molecule has 0 radical (unpaired) electrons. The fraction of sp³-hybridized carbons (Fsp3) is 0.154. The van der Waals surface area contributed by atoms with Gasteiger partial charge in [-0.1, -0.05) is 78.6 Å². The third-order valence-corrected chi connectivity index (χ3v) is 6.29. The summed E-state index contributed by atoms with van der Waals surface area (Å²) in [5.41, 5.74) is 1.86. The van der Waals surface area contributed by atoms with E-state index < -0.39 is 0 Å². The molecule has 3 aromatic carbocycles. The van der Waals surface area contributed by atoms with Crippen molar-refractivity contribution in [1.82, 2.24) is 4.90 Å². The van der Waals surface area contributed by atoms with Crippen LogP contribution in [0.2, 0.25) is 0 Å². The molecule has 3 aromatic rings. The van der Waals surface area contributed by atoms with Gasteiger partial charge in [0.15, 0.2) is 0 Å². The fourth-order valence-electron chi connectivity index (χ4n) is 3.28. The van der Waals surface area contributed by atoms with Crippen LogP contribution in [0.15, 0.2) is 83.8 Å². The molecule has 0 unspecified atom stereocenters. The second-order valence-electron chi connectivity index (χ2n) is 7.17. The number of benzene rings is 3. The lowest BCUT2D eigenvalue weighted by atomic mass is 10.1. The molecule has 4 rings (SSSR count). The van der Waals surface area contributed by atoms with E-state index in [1.165, 1.54) is 11.8 Å². The van der Waals surface area contributed by atoms with Crippen LogP contribution in [-0.2, 0) is 11.3 Å². The van der Waals surface area contributed by atoms with Crippen LogP contribution in [0.4, 0.5) is 0 Å². The highest BCUT2D eigenvalue weighted by molar-refractivity contribution is 8.26. The van der Waals surface area contributed by atoms with Crippen molar-refractivity contribution in [1.29, 1.82) is 0 Å². The maximum atomic E-state index is 13.0. The Labute approximate surface area is 203 Å². The van der Waals surface area contributed by atoms with Crippen molar-refractivity contribution in [2.24, 2.45) is 0 Å². The number of hydrogen-bond donors (Lipinski definition) is 0. The number of para-hydroxylation sites is 1. The van der Waals surface area contributed by atoms with Gasteiger partial charge in [0.05, 0.1) is 18.6 Å². The summed E-state index contributed by atoms with van der Waals surface area (Å²) in [6.07, 6.45) is 1.84. The smallest absolute Gasteiger partial charge is 0.266 e. The van der Waals surface area contributed by atoms with Crippen molar-refractivity contribution in [3.05, 3.63) is 94.9 Å². The van der Waals surface area contributed by atoms with Gasteiger partial charge in [-0.25, -0.2) is 0 Å². The fourth-order valence-corrected chi connectivity index (χ4v) is 4.52.